The maximum atomic E-state index is 3.75. The Morgan fingerprint density at radius 3 is 2.26 bits per heavy atom. The molecular formula is C17H26BrN. The van der Waals surface area contributed by atoms with Gasteiger partial charge in [-0.2, -0.15) is 0 Å². The third-order valence-electron chi connectivity index (χ3n) is 5.09. The summed E-state index contributed by atoms with van der Waals surface area (Å²) in [6.07, 6.45) is 5.26. The van der Waals surface area contributed by atoms with Crippen molar-refractivity contribution in [3.63, 3.8) is 0 Å². The highest BCUT2D eigenvalue weighted by Crippen LogP contribution is 2.59. The Hall–Kier alpha value is -0.340. The molecule has 0 saturated heterocycles. The first-order valence-electron chi connectivity index (χ1n) is 7.57. The van der Waals surface area contributed by atoms with Crippen LogP contribution in [0.15, 0.2) is 28.7 Å². The van der Waals surface area contributed by atoms with E-state index in [-0.39, 0.29) is 0 Å². The van der Waals surface area contributed by atoms with Gasteiger partial charge in [-0.05, 0) is 36.4 Å². The standard InChI is InChI=1S/C17H26BrN/c1-4-16(5-2)11-17(12-16,13-19-6-3)14-9-7-8-10-15(14)18/h7-10,19H,4-6,11-13H2,1-3H3. The van der Waals surface area contributed by atoms with E-state index in [1.54, 1.807) is 0 Å². The molecule has 0 amide bonds. The smallest absolute Gasteiger partial charge is 0.0213 e. The molecule has 0 aliphatic heterocycles. The van der Waals surface area contributed by atoms with Gasteiger partial charge in [-0.3, -0.25) is 0 Å². The Morgan fingerprint density at radius 2 is 1.74 bits per heavy atom. The molecule has 0 radical (unpaired) electrons. The van der Waals surface area contributed by atoms with E-state index >= 15 is 0 Å². The lowest BCUT2D eigenvalue weighted by Gasteiger charge is -2.57. The van der Waals surface area contributed by atoms with Crippen LogP contribution in [-0.2, 0) is 5.41 Å². The minimum Gasteiger partial charge on any atom is -0.316 e. The van der Waals surface area contributed by atoms with Crippen molar-refractivity contribution in [1.29, 1.82) is 0 Å². The highest BCUT2D eigenvalue weighted by Gasteiger charge is 2.53. The average Bonchev–Trinajstić information content (AvgIpc) is 2.40. The largest absolute Gasteiger partial charge is 0.316 e. The molecule has 19 heavy (non-hydrogen) atoms. The predicted octanol–water partition coefficient (Wildman–Crippen LogP) is 4.90. The Labute approximate surface area is 126 Å². The molecule has 1 aliphatic rings. The molecule has 1 nitrogen and oxygen atoms in total. The van der Waals surface area contributed by atoms with Crippen LogP contribution in [0.2, 0.25) is 0 Å². The minimum absolute atomic E-state index is 0.335. The molecule has 1 aliphatic carbocycles. The van der Waals surface area contributed by atoms with Gasteiger partial charge in [-0.15, -0.1) is 0 Å². The minimum atomic E-state index is 0.335. The predicted molar refractivity (Wildman–Crippen MR) is 86.6 cm³/mol. The third kappa shape index (κ3) is 2.75. The van der Waals surface area contributed by atoms with E-state index in [2.05, 4.69) is 66.3 Å². The van der Waals surface area contributed by atoms with E-state index in [1.165, 1.54) is 35.7 Å². The fourth-order valence-electron chi connectivity index (χ4n) is 3.80. The van der Waals surface area contributed by atoms with Gasteiger partial charge in [0.1, 0.15) is 0 Å². The summed E-state index contributed by atoms with van der Waals surface area (Å²) in [5.41, 5.74) is 2.40. The van der Waals surface area contributed by atoms with E-state index < -0.39 is 0 Å². The number of likely N-dealkylation sites (N-methyl/N-ethyl adjacent to an activating group) is 1. The summed E-state index contributed by atoms with van der Waals surface area (Å²) in [6.45, 7) is 9.05. The van der Waals surface area contributed by atoms with Gasteiger partial charge in [0.2, 0.25) is 0 Å². The van der Waals surface area contributed by atoms with Crippen LogP contribution in [-0.4, -0.2) is 13.1 Å². The van der Waals surface area contributed by atoms with Crippen LogP contribution in [0.3, 0.4) is 0 Å². The van der Waals surface area contributed by atoms with Crippen molar-refractivity contribution in [3.8, 4) is 0 Å². The lowest BCUT2D eigenvalue weighted by atomic mass is 9.48. The molecule has 1 fully saturated rings. The van der Waals surface area contributed by atoms with Crippen LogP contribution in [0.5, 0.6) is 0 Å². The quantitative estimate of drug-likeness (QED) is 0.785. The van der Waals surface area contributed by atoms with Crippen molar-refractivity contribution in [3.05, 3.63) is 34.3 Å². The van der Waals surface area contributed by atoms with Crippen molar-refractivity contribution in [2.75, 3.05) is 13.1 Å². The average molecular weight is 324 g/mol. The van der Waals surface area contributed by atoms with Gasteiger partial charge >= 0.3 is 0 Å². The van der Waals surface area contributed by atoms with E-state index in [9.17, 15) is 0 Å². The zero-order valence-corrected chi connectivity index (χ0v) is 14.0. The van der Waals surface area contributed by atoms with Crippen molar-refractivity contribution in [2.24, 2.45) is 5.41 Å². The summed E-state index contributed by atoms with van der Waals surface area (Å²) in [6, 6.07) is 8.77. The summed E-state index contributed by atoms with van der Waals surface area (Å²) in [4.78, 5) is 0. The van der Waals surface area contributed by atoms with Crippen LogP contribution < -0.4 is 5.32 Å². The van der Waals surface area contributed by atoms with E-state index in [1.807, 2.05) is 0 Å². The fraction of sp³-hybridized carbons (Fsp3) is 0.647. The first kappa shape index (κ1) is 15.1. The molecule has 0 heterocycles. The van der Waals surface area contributed by atoms with Gasteiger partial charge in [-0.25, -0.2) is 0 Å². The summed E-state index contributed by atoms with van der Waals surface area (Å²) < 4.78 is 1.27. The van der Waals surface area contributed by atoms with Crippen molar-refractivity contribution < 1.29 is 0 Å². The fourth-order valence-corrected chi connectivity index (χ4v) is 4.51. The molecule has 2 rings (SSSR count). The SMILES string of the molecule is CCNCC1(c2ccccc2Br)CC(CC)(CC)C1. The second-order valence-corrected chi connectivity index (χ2v) is 6.96. The number of benzene rings is 1. The topological polar surface area (TPSA) is 12.0 Å². The Morgan fingerprint density at radius 1 is 1.11 bits per heavy atom. The first-order valence-corrected chi connectivity index (χ1v) is 8.36. The van der Waals surface area contributed by atoms with Crippen molar-refractivity contribution in [1.82, 2.24) is 5.32 Å². The lowest BCUT2D eigenvalue weighted by molar-refractivity contribution is 0.0128. The molecule has 0 unspecified atom stereocenters. The summed E-state index contributed by atoms with van der Waals surface area (Å²) in [5, 5.41) is 3.58. The van der Waals surface area contributed by atoms with Gasteiger partial charge in [0.25, 0.3) is 0 Å². The van der Waals surface area contributed by atoms with Gasteiger partial charge in [0, 0.05) is 16.4 Å². The molecule has 1 N–H and O–H groups in total. The third-order valence-corrected chi connectivity index (χ3v) is 5.78. The van der Waals surface area contributed by atoms with Crippen LogP contribution in [0.4, 0.5) is 0 Å². The number of hydrogen-bond acceptors (Lipinski definition) is 1. The number of hydrogen-bond donors (Lipinski definition) is 1. The lowest BCUT2D eigenvalue weighted by Crippen LogP contribution is -2.54. The summed E-state index contributed by atoms with van der Waals surface area (Å²) in [7, 11) is 0. The molecule has 1 saturated carbocycles. The molecule has 0 spiro atoms. The zero-order valence-electron chi connectivity index (χ0n) is 12.4. The monoisotopic (exact) mass is 323 g/mol. The Balaban J connectivity index is 2.26. The van der Waals surface area contributed by atoms with E-state index in [4.69, 9.17) is 0 Å². The molecular weight excluding hydrogens is 298 g/mol. The van der Waals surface area contributed by atoms with Crippen LogP contribution >= 0.6 is 15.9 Å². The van der Waals surface area contributed by atoms with E-state index in [0.29, 0.717) is 10.8 Å². The molecule has 0 aromatic heterocycles. The second-order valence-electron chi connectivity index (χ2n) is 6.10. The van der Waals surface area contributed by atoms with Gasteiger partial charge in [0.15, 0.2) is 0 Å². The number of rotatable bonds is 6. The molecule has 1 aromatic rings. The van der Waals surface area contributed by atoms with Crippen LogP contribution in [0.1, 0.15) is 52.0 Å². The maximum Gasteiger partial charge on any atom is 0.0213 e. The molecule has 0 atom stereocenters. The Bertz CT molecular complexity index is 415. The number of halogens is 1. The highest BCUT2D eigenvalue weighted by molar-refractivity contribution is 9.10. The highest BCUT2D eigenvalue weighted by atomic mass is 79.9. The van der Waals surface area contributed by atoms with Crippen LogP contribution in [0, 0.1) is 5.41 Å². The van der Waals surface area contributed by atoms with Crippen LogP contribution in [0.25, 0.3) is 0 Å². The second kappa shape index (κ2) is 5.97. The Kier molecular flexibility index (Phi) is 4.73. The van der Waals surface area contributed by atoms with Gasteiger partial charge in [-0.1, -0.05) is 67.7 Å². The van der Waals surface area contributed by atoms with Gasteiger partial charge < -0.3 is 5.32 Å². The number of nitrogens with one attached hydrogen (secondary N) is 1. The van der Waals surface area contributed by atoms with Gasteiger partial charge in [0.05, 0.1) is 0 Å². The summed E-state index contributed by atoms with van der Waals surface area (Å²) in [5.74, 6) is 0. The molecule has 106 valence electrons. The molecule has 1 aromatic carbocycles. The zero-order chi connectivity index (χ0) is 13.9. The van der Waals surface area contributed by atoms with Crippen molar-refractivity contribution in [2.45, 2.75) is 51.9 Å². The molecule has 2 heteroatoms. The molecule has 0 bridgehead atoms. The summed E-state index contributed by atoms with van der Waals surface area (Å²) >= 11 is 3.75. The first-order chi connectivity index (χ1) is 9.11. The van der Waals surface area contributed by atoms with E-state index in [0.717, 1.165) is 13.1 Å². The maximum absolute atomic E-state index is 3.75. The normalized spacial score (nSPS) is 20.0. The van der Waals surface area contributed by atoms with Crippen molar-refractivity contribution >= 4 is 15.9 Å².